The largest absolute Gasteiger partial charge is 0.439 e. The van der Waals surface area contributed by atoms with Gasteiger partial charge in [0, 0.05) is 6.07 Å². The molecule has 0 aliphatic rings. The van der Waals surface area contributed by atoms with Crippen molar-refractivity contribution in [1.29, 1.82) is 0 Å². The lowest BCUT2D eigenvalue weighted by Gasteiger charge is -2.10. The number of aryl methyl sites for hydroxylation is 1. The van der Waals surface area contributed by atoms with Crippen LogP contribution in [-0.4, -0.2) is 4.98 Å². The third-order valence-electron chi connectivity index (χ3n) is 2.63. The second kappa shape index (κ2) is 5.71. The average Bonchev–Trinajstić information content (AvgIpc) is 2.37. The fourth-order valence-electron chi connectivity index (χ4n) is 1.64. The van der Waals surface area contributed by atoms with Crippen molar-refractivity contribution < 1.29 is 17.9 Å². The number of alkyl halides is 3. The molecule has 0 radical (unpaired) electrons. The molecule has 0 fully saturated rings. The lowest BCUT2D eigenvalue weighted by molar-refractivity contribution is -0.137. The SMILES string of the molecule is CCc1cccc(Oc2cc(C(F)(F)F)cc(Cl)n2)c1. The highest BCUT2D eigenvalue weighted by atomic mass is 35.5. The number of nitrogens with zero attached hydrogens (tertiary/aromatic N) is 1. The number of ether oxygens (including phenoxy) is 1. The van der Waals surface area contributed by atoms with Crippen molar-refractivity contribution in [2.75, 3.05) is 0 Å². The molecular formula is C14H11ClF3NO. The van der Waals surface area contributed by atoms with Crippen LogP contribution in [0.4, 0.5) is 13.2 Å². The van der Waals surface area contributed by atoms with Gasteiger partial charge in [-0.25, -0.2) is 4.98 Å². The van der Waals surface area contributed by atoms with Crippen molar-refractivity contribution in [3.05, 3.63) is 52.7 Å². The monoisotopic (exact) mass is 301 g/mol. The predicted octanol–water partition coefficient (Wildman–Crippen LogP) is 5.11. The van der Waals surface area contributed by atoms with Gasteiger partial charge >= 0.3 is 6.18 Å². The van der Waals surface area contributed by atoms with Gasteiger partial charge in [-0.2, -0.15) is 13.2 Å². The zero-order valence-corrected chi connectivity index (χ0v) is 11.3. The van der Waals surface area contributed by atoms with Crippen LogP contribution in [0.1, 0.15) is 18.1 Å². The van der Waals surface area contributed by atoms with Crippen molar-refractivity contribution >= 4 is 11.6 Å². The molecule has 0 saturated heterocycles. The van der Waals surface area contributed by atoms with Gasteiger partial charge in [-0.1, -0.05) is 30.7 Å². The minimum absolute atomic E-state index is 0.182. The topological polar surface area (TPSA) is 22.1 Å². The van der Waals surface area contributed by atoms with Crippen LogP contribution in [0.5, 0.6) is 11.6 Å². The Kier molecular flexibility index (Phi) is 4.18. The normalized spacial score (nSPS) is 11.4. The van der Waals surface area contributed by atoms with Crippen molar-refractivity contribution in [2.24, 2.45) is 0 Å². The van der Waals surface area contributed by atoms with Gasteiger partial charge in [0.1, 0.15) is 10.9 Å². The zero-order valence-electron chi connectivity index (χ0n) is 10.5. The molecule has 0 bridgehead atoms. The van der Waals surface area contributed by atoms with Gasteiger partial charge in [-0.15, -0.1) is 0 Å². The van der Waals surface area contributed by atoms with Crippen molar-refractivity contribution in [2.45, 2.75) is 19.5 Å². The maximum Gasteiger partial charge on any atom is 0.416 e. The molecule has 0 unspecified atom stereocenters. The van der Waals surface area contributed by atoms with Crippen molar-refractivity contribution in [1.82, 2.24) is 4.98 Å². The van der Waals surface area contributed by atoms with Crippen LogP contribution in [0.2, 0.25) is 5.15 Å². The van der Waals surface area contributed by atoms with E-state index < -0.39 is 11.7 Å². The fourth-order valence-corrected chi connectivity index (χ4v) is 1.84. The van der Waals surface area contributed by atoms with E-state index in [2.05, 4.69) is 4.98 Å². The summed E-state index contributed by atoms with van der Waals surface area (Å²) in [4.78, 5) is 3.74. The van der Waals surface area contributed by atoms with Crippen LogP contribution in [-0.2, 0) is 12.6 Å². The third-order valence-corrected chi connectivity index (χ3v) is 2.82. The first-order valence-corrected chi connectivity index (χ1v) is 6.28. The van der Waals surface area contributed by atoms with Gasteiger partial charge < -0.3 is 4.74 Å². The average molecular weight is 302 g/mol. The second-order valence-electron chi connectivity index (χ2n) is 4.12. The molecule has 2 aromatic rings. The molecule has 0 aliphatic carbocycles. The first-order valence-electron chi connectivity index (χ1n) is 5.90. The summed E-state index contributed by atoms with van der Waals surface area (Å²) in [6, 6.07) is 8.65. The van der Waals surface area contributed by atoms with Gasteiger partial charge in [-0.3, -0.25) is 0 Å². The highest BCUT2D eigenvalue weighted by molar-refractivity contribution is 6.29. The van der Waals surface area contributed by atoms with E-state index in [0.29, 0.717) is 5.75 Å². The number of hydrogen-bond acceptors (Lipinski definition) is 2. The van der Waals surface area contributed by atoms with E-state index >= 15 is 0 Å². The quantitative estimate of drug-likeness (QED) is 0.735. The second-order valence-corrected chi connectivity index (χ2v) is 4.50. The van der Waals surface area contributed by atoms with Crippen LogP contribution in [0.3, 0.4) is 0 Å². The van der Waals surface area contributed by atoms with E-state index in [0.717, 1.165) is 24.1 Å². The van der Waals surface area contributed by atoms with E-state index in [4.69, 9.17) is 16.3 Å². The Morgan fingerprint density at radius 3 is 2.60 bits per heavy atom. The molecule has 0 atom stereocenters. The summed E-state index contributed by atoms with van der Waals surface area (Å²) in [6.07, 6.45) is -3.69. The third kappa shape index (κ3) is 3.63. The highest BCUT2D eigenvalue weighted by Gasteiger charge is 2.31. The summed E-state index contributed by atoms with van der Waals surface area (Å²) >= 11 is 5.59. The van der Waals surface area contributed by atoms with Crippen LogP contribution in [0, 0.1) is 0 Å². The summed E-state index contributed by atoms with van der Waals surface area (Å²) in [5, 5.41) is -0.263. The Hall–Kier alpha value is -1.75. The Morgan fingerprint density at radius 1 is 1.20 bits per heavy atom. The molecule has 1 aromatic carbocycles. The summed E-state index contributed by atoms with van der Waals surface area (Å²) in [7, 11) is 0. The molecule has 106 valence electrons. The Balaban J connectivity index is 2.31. The molecule has 20 heavy (non-hydrogen) atoms. The maximum atomic E-state index is 12.7. The molecular weight excluding hydrogens is 291 g/mol. The standard InChI is InChI=1S/C14H11ClF3NO/c1-2-9-4-3-5-11(6-9)20-13-8-10(14(16,17)18)7-12(15)19-13/h3-8H,2H2,1H3. The maximum absolute atomic E-state index is 12.7. The summed E-state index contributed by atoms with van der Waals surface area (Å²) in [5.74, 6) is 0.241. The van der Waals surface area contributed by atoms with Gasteiger partial charge in [0.15, 0.2) is 0 Å². The van der Waals surface area contributed by atoms with Gasteiger partial charge in [0.05, 0.1) is 5.56 Å². The zero-order chi connectivity index (χ0) is 14.8. The summed E-state index contributed by atoms with van der Waals surface area (Å²) in [5.41, 5.74) is 0.125. The Morgan fingerprint density at radius 2 is 1.95 bits per heavy atom. The Bertz CT molecular complexity index is 614. The molecule has 0 N–H and O–H groups in total. The van der Waals surface area contributed by atoms with Crippen molar-refractivity contribution in [3.8, 4) is 11.6 Å². The van der Waals surface area contributed by atoms with E-state index in [1.807, 2.05) is 13.0 Å². The number of halogens is 4. The van der Waals surface area contributed by atoms with Gasteiger partial charge in [-0.05, 0) is 30.2 Å². The molecule has 2 rings (SSSR count). The number of benzene rings is 1. The van der Waals surface area contributed by atoms with E-state index in [9.17, 15) is 13.2 Å². The number of hydrogen-bond donors (Lipinski definition) is 0. The van der Waals surface area contributed by atoms with E-state index in [-0.39, 0.29) is 11.0 Å². The fraction of sp³-hybridized carbons (Fsp3) is 0.214. The minimum Gasteiger partial charge on any atom is -0.439 e. The van der Waals surface area contributed by atoms with Crippen LogP contribution in [0.15, 0.2) is 36.4 Å². The predicted molar refractivity (Wildman–Crippen MR) is 70.1 cm³/mol. The molecule has 0 spiro atoms. The van der Waals surface area contributed by atoms with E-state index in [1.165, 1.54) is 0 Å². The summed E-state index contributed by atoms with van der Waals surface area (Å²) < 4.78 is 43.3. The lowest BCUT2D eigenvalue weighted by Crippen LogP contribution is -2.05. The molecule has 0 saturated carbocycles. The Labute approximate surface area is 119 Å². The molecule has 0 amide bonds. The molecule has 1 aromatic heterocycles. The molecule has 0 aliphatic heterocycles. The first kappa shape index (κ1) is 14.7. The summed E-state index contributed by atoms with van der Waals surface area (Å²) in [6.45, 7) is 1.97. The molecule has 6 heteroatoms. The first-order chi connectivity index (χ1) is 9.38. The minimum atomic E-state index is -4.49. The van der Waals surface area contributed by atoms with Crippen LogP contribution in [0.25, 0.3) is 0 Å². The smallest absolute Gasteiger partial charge is 0.416 e. The lowest BCUT2D eigenvalue weighted by atomic mass is 10.2. The molecule has 1 heterocycles. The van der Waals surface area contributed by atoms with Crippen molar-refractivity contribution in [3.63, 3.8) is 0 Å². The van der Waals surface area contributed by atoms with Crippen LogP contribution >= 0.6 is 11.6 Å². The van der Waals surface area contributed by atoms with Gasteiger partial charge in [0.2, 0.25) is 5.88 Å². The number of pyridine rings is 1. The number of aromatic nitrogens is 1. The highest BCUT2D eigenvalue weighted by Crippen LogP contribution is 2.33. The van der Waals surface area contributed by atoms with E-state index in [1.54, 1.807) is 18.2 Å². The number of rotatable bonds is 3. The van der Waals surface area contributed by atoms with Crippen LogP contribution < -0.4 is 4.74 Å². The van der Waals surface area contributed by atoms with Gasteiger partial charge in [0.25, 0.3) is 0 Å². The molecule has 2 nitrogen and oxygen atoms in total.